The molecule has 3 aromatic rings. The lowest BCUT2D eigenvalue weighted by molar-refractivity contribution is -0.117. The van der Waals surface area contributed by atoms with Crippen LogP contribution in [0.5, 0.6) is 5.75 Å². The van der Waals surface area contributed by atoms with Crippen molar-refractivity contribution in [3.63, 3.8) is 0 Å². The molecule has 4 N–H and O–H groups in total. The van der Waals surface area contributed by atoms with Crippen LogP contribution in [-0.4, -0.2) is 39.7 Å². The number of urea groups is 1. The molecule has 0 aliphatic rings. The number of para-hydroxylation sites is 1. The molecule has 0 radical (unpaired) electrons. The molecule has 30 heavy (non-hydrogen) atoms. The Morgan fingerprint density at radius 1 is 1.17 bits per heavy atom. The zero-order valence-electron chi connectivity index (χ0n) is 16.8. The van der Waals surface area contributed by atoms with Crippen molar-refractivity contribution in [2.24, 2.45) is 0 Å². The van der Waals surface area contributed by atoms with Gasteiger partial charge in [0.15, 0.2) is 5.82 Å². The number of carbonyl (C=O) groups is 2. The topological polar surface area (TPSA) is 124 Å². The van der Waals surface area contributed by atoms with Gasteiger partial charge in [0.2, 0.25) is 11.1 Å². The molecule has 3 amide bonds. The predicted molar refractivity (Wildman–Crippen MR) is 116 cm³/mol. The van der Waals surface area contributed by atoms with Crippen LogP contribution in [0, 0.1) is 13.8 Å². The number of anilines is 1. The zero-order valence-corrected chi connectivity index (χ0v) is 17.6. The number of aryl methyl sites for hydroxylation is 2. The number of nitrogen functional groups attached to an aromatic ring is 1. The van der Waals surface area contributed by atoms with Gasteiger partial charge in [0.05, 0.1) is 18.4 Å². The molecule has 0 saturated heterocycles. The summed E-state index contributed by atoms with van der Waals surface area (Å²) >= 11 is 1.07. The molecule has 0 atom stereocenters. The lowest BCUT2D eigenvalue weighted by Crippen LogP contribution is -2.35. The van der Waals surface area contributed by atoms with Crippen molar-refractivity contribution in [1.29, 1.82) is 0 Å². The standard InChI is InChI=1S/C20H22N6O3S/c1-12-8-9-15(13(2)10-12)22-19(28)23-17(27)11-30-20-25-24-18(26(20)21)14-6-4-5-7-16(14)29-3/h4-10H,11,21H2,1-3H3,(H2,22,23,27,28). The van der Waals surface area contributed by atoms with Gasteiger partial charge in [-0.25, -0.2) is 9.47 Å². The van der Waals surface area contributed by atoms with Crippen molar-refractivity contribution in [1.82, 2.24) is 20.2 Å². The van der Waals surface area contributed by atoms with Gasteiger partial charge in [0, 0.05) is 5.69 Å². The Morgan fingerprint density at radius 2 is 1.93 bits per heavy atom. The third-order valence-corrected chi connectivity index (χ3v) is 5.17. The fourth-order valence-corrected chi connectivity index (χ4v) is 3.45. The third kappa shape index (κ3) is 4.90. The van der Waals surface area contributed by atoms with Crippen molar-refractivity contribution in [2.75, 3.05) is 24.0 Å². The monoisotopic (exact) mass is 426 g/mol. The summed E-state index contributed by atoms with van der Waals surface area (Å²) in [6.45, 7) is 3.85. The maximum absolute atomic E-state index is 12.1. The molecular formula is C20H22N6O3S. The van der Waals surface area contributed by atoms with Crippen LogP contribution in [0.4, 0.5) is 10.5 Å². The van der Waals surface area contributed by atoms with Crippen LogP contribution in [0.1, 0.15) is 11.1 Å². The summed E-state index contributed by atoms with van der Waals surface area (Å²) in [5, 5.41) is 13.4. The summed E-state index contributed by atoms with van der Waals surface area (Å²) in [7, 11) is 1.55. The van der Waals surface area contributed by atoms with E-state index in [1.165, 1.54) is 4.68 Å². The first-order chi connectivity index (χ1) is 14.4. The van der Waals surface area contributed by atoms with Gasteiger partial charge in [-0.2, -0.15) is 0 Å². The number of methoxy groups -OCH3 is 1. The van der Waals surface area contributed by atoms with Gasteiger partial charge in [-0.15, -0.1) is 10.2 Å². The van der Waals surface area contributed by atoms with Gasteiger partial charge in [0.25, 0.3) is 0 Å². The average Bonchev–Trinajstić information content (AvgIpc) is 3.08. The molecule has 0 aliphatic carbocycles. The number of hydrogen-bond acceptors (Lipinski definition) is 7. The van der Waals surface area contributed by atoms with Crippen molar-refractivity contribution in [3.8, 4) is 17.1 Å². The Bertz CT molecular complexity index is 1080. The van der Waals surface area contributed by atoms with Crippen LogP contribution in [0.25, 0.3) is 11.4 Å². The Morgan fingerprint density at radius 3 is 2.67 bits per heavy atom. The summed E-state index contributed by atoms with van der Waals surface area (Å²) in [4.78, 5) is 24.2. The molecule has 0 aliphatic heterocycles. The highest BCUT2D eigenvalue weighted by Gasteiger charge is 2.17. The summed E-state index contributed by atoms with van der Waals surface area (Å²) in [5.74, 6) is 6.56. The average molecular weight is 427 g/mol. The van der Waals surface area contributed by atoms with Crippen LogP contribution in [0.15, 0.2) is 47.6 Å². The second-order valence-corrected chi connectivity index (χ2v) is 7.43. The number of thioether (sulfide) groups is 1. The molecule has 9 nitrogen and oxygen atoms in total. The highest BCUT2D eigenvalue weighted by molar-refractivity contribution is 7.99. The number of nitrogens with two attached hydrogens (primary N) is 1. The number of carbonyl (C=O) groups excluding carboxylic acids is 2. The number of hydrogen-bond donors (Lipinski definition) is 3. The molecule has 0 saturated carbocycles. The van der Waals surface area contributed by atoms with E-state index >= 15 is 0 Å². The predicted octanol–water partition coefficient (Wildman–Crippen LogP) is 2.72. The van der Waals surface area contributed by atoms with Crippen molar-refractivity contribution in [2.45, 2.75) is 19.0 Å². The lowest BCUT2D eigenvalue weighted by Gasteiger charge is -2.10. The fourth-order valence-electron chi connectivity index (χ4n) is 2.79. The molecule has 3 rings (SSSR count). The Kier molecular flexibility index (Phi) is 6.58. The van der Waals surface area contributed by atoms with Crippen LogP contribution in [-0.2, 0) is 4.79 Å². The van der Waals surface area contributed by atoms with E-state index in [1.54, 1.807) is 19.2 Å². The maximum Gasteiger partial charge on any atom is 0.325 e. The molecule has 0 bridgehead atoms. The first-order valence-corrected chi connectivity index (χ1v) is 10.0. The fraction of sp³-hybridized carbons (Fsp3) is 0.200. The van der Waals surface area contributed by atoms with E-state index in [0.717, 1.165) is 22.9 Å². The van der Waals surface area contributed by atoms with Gasteiger partial charge in [-0.05, 0) is 37.6 Å². The van der Waals surface area contributed by atoms with E-state index < -0.39 is 11.9 Å². The number of benzene rings is 2. The Hall–Kier alpha value is -3.53. The third-order valence-electron chi connectivity index (χ3n) is 4.23. The number of rotatable bonds is 6. The number of nitrogens with one attached hydrogen (secondary N) is 2. The number of ether oxygens (including phenoxy) is 1. The molecule has 0 unspecified atom stereocenters. The van der Waals surface area contributed by atoms with Crippen LogP contribution in [0.3, 0.4) is 0 Å². The van der Waals surface area contributed by atoms with Gasteiger partial charge >= 0.3 is 6.03 Å². The molecule has 0 fully saturated rings. The molecule has 1 aromatic heterocycles. The Balaban J connectivity index is 1.58. The lowest BCUT2D eigenvalue weighted by atomic mass is 10.1. The van der Waals surface area contributed by atoms with E-state index in [-0.39, 0.29) is 5.75 Å². The highest BCUT2D eigenvalue weighted by atomic mass is 32.2. The van der Waals surface area contributed by atoms with Crippen molar-refractivity contribution in [3.05, 3.63) is 53.6 Å². The minimum atomic E-state index is -0.600. The number of nitrogens with zero attached hydrogens (tertiary/aromatic N) is 3. The first kappa shape index (κ1) is 21.2. The molecule has 0 spiro atoms. The largest absolute Gasteiger partial charge is 0.496 e. The van der Waals surface area contributed by atoms with E-state index in [4.69, 9.17) is 10.6 Å². The second-order valence-electron chi connectivity index (χ2n) is 6.49. The zero-order chi connectivity index (χ0) is 21.7. The van der Waals surface area contributed by atoms with Crippen molar-refractivity contribution >= 4 is 29.4 Å². The number of amides is 3. The number of imide groups is 1. The smallest absolute Gasteiger partial charge is 0.325 e. The minimum Gasteiger partial charge on any atom is -0.496 e. The first-order valence-electron chi connectivity index (χ1n) is 9.03. The maximum atomic E-state index is 12.1. The van der Waals surface area contributed by atoms with Gasteiger partial charge in [-0.3, -0.25) is 10.1 Å². The molecule has 156 valence electrons. The summed E-state index contributed by atoms with van der Waals surface area (Å²) in [6, 6.07) is 12.3. The summed E-state index contributed by atoms with van der Waals surface area (Å²) in [6.07, 6.45) is 0. The molecular weight excluding hydrogens is 404 g/mol. The van der Waals surface area contributed by atoms with Crippen LogP contribution in [0.2, 0.25) is 0 Å². The SMILES string of the molecule is COc1ccccc1-c1nnc(SCC(=O)NC(=O)Nc2ccc(C)cc2C)n1N. The van der Waals surface area contributed by atoms with E-state index in [1.807, 2.05) is 44.2 Å². The summed E-state index contributed by atoms with van der Waals surface area (Å²) in [5.41, 5.74) is 3.32. The van der Waals surface area contributed by atoms with E-state index in [0.29, 0.717) is 28.0 Å². The molecule has 10 heteroatoms. The minimum absolute atomic E-state index is 0.0540. The normalized spacial score (nSPS) is 10.5. The second kappa shape index (κ2) is 9.31. The summed E-state index contributed by atoms with van der Waals surface area (Å²) < 4.78 is 6.60. The van der Waals surface area contributed by atoms with Crippen molar-refractivity contribution < 1.29 is 14.3 Å². The quantitative estimate of drug-likeness (QED) is 0.409. The Labute approximate surface area is 178 Å². The molecule has 2 aromatic carbocycles. The molecule has 1 heterocycles. The van der Waals surface area contributed by atoms with E-state index in [2.05, 4.69) is 20.8 Å². The van der Waals surface area contributed by atoms with Gasteiger partial charge in [-0.1, -0.05) is 41.6 Å². The van der Waals surface area contributed by atoms with E-state index in [9.17, 15) is 9.59 Å². The van der Waals surface area contributed by atoms with Gasteiger partial charge < -0.3 is 15.9 Å². The number of aromatic nitrogens is 3. The van der Waals surface area contributed by atoms with Crippen LogP contribution >= 0.6 is 11.8 Å². The van der Waals surface area contributed by atoms with Crippen LogP contribution < -0.4 is 21.2 Å². The van der Waals surface area contributed by atoms with Gasteiger partial charge in [0.1, 0.15) is 5.75 Å². The highest BCUT2D eigenvalue weighted by Crippen LogP contribution is 2.29.